The van der Waals surface area contributed by atoms with Crippen LogP contribution in [0.3, 0.4) is 0 Å². The number of ether oxygens (including phenoxy) is 2. The fourth-order valence-corrected chi connectivity index (χ4v) is 1.38. The van der Waals surface area contributed by atoms with E-state index in [1.807, 2.05) is 0 Å². The molecule has 0 atom stereocenters. The Kier molecular flexibility index (Phi) is 6.10. The maximum absolute atomic E-state index is 5.48. The van der Waals surface area contributed by atoms with Crippen molar-refractivity contribution in [3.63, 3.8) is 0 Å². The molecular weight excluding hydrogens is 180 g/mol. The molecule has 84 valence electrons. The van der Waals surface area contributed by atoms with Gasteiger partial charge >= 0.3 is 0 Å². The predicted octanol–water partition coefficient (Wildman–Crippen LogP) is -0.0569. The molecule has 1 N–H and O–H groups in total. The molecule has 1 aliphatic heterocycles. The third kappa shape index (κ3) is 4.37. The van der Waals surface area contributed by atoms with Crippen molar-refractivity contribution in [2.24, 2.45) is 0 Å². The zero-order valence-corrected chi connectivity index (χ0v) is 9.29. The van der Waals surface area contributed by atoms with Crippen molar-refractivity contribution >= 4 is 0 Å². The highest BCUT2D eigenvalue weighted by Crippen LogP contribution is 2.00. The predicted molar refractivity (Wildman–Crippen MR) is 56.6 cm³/mol. The van der Waals surface area contributed by atoms with Gasteiger partial charge in [-0.3, -0.25) is 4.90 Å². The maximum atomic E-state index is 5.48. The van der Waals surface area contributed by atoms with Gasteiger partial charge in [-0.2, -0.15) is 0 Å². The molecule has 4 heteroatoms. The Morgan fingerprint density at radius 3 is 2.64 bits per heavy atom. The molecule has 0 unspecified atom stereocenters. The van der Waals surface area contributed by atoms with Crippen LogP contribution in [0.5, 0.6) is 0 Å². The van der Waals surface area contributed by atoms with Gasteiger partial charge in [-0.25, -0.2) is 0 Å². The Morgan fingerprint density at radius 2 is 2.07 bits per heavy atom. The molecule has 0 spiro atoms. The summed E-state index contributed by atoms with van der Waals surface area (Å²) in [6.45, 7) is 5.71. The van der Waals surface area contributed by atoms with E-state index in [2.05, 4.69) is 17.3 Å². The van der Waals surface area contributed by atoms with Crippen molar-refractivity contribution in [1.29, 1.82) is 0 Å². The van der Waals surface area contributed by atoms with E-state index in [4.69, 9.17) is 9.47 Å². The van der Waals surface area contributed by atoms with E-state index in [1.54, 1.807) is 7.11 Å². The number of methoxy groups -OCH3 is 1. The summed E-state index contributed by atoms with van der Waals surface area (Å²) in [5.74, 6) is 0. The second kappa shape index (κ2) is 7.17. The summed E-state index contributed by atoms with van der Waals surface area (Å²) in [4.78, 5) is 2.35. The van der Waals surface area contributed by atoms with Crippen LogP contribution in [0.25, 0.3) is 0 Å². The largest absolute Gasteiger partial charge is 0.385 e. The van der Waals surface area contributed by atoms with Crippen molar-refractivity contribution in [3.05, 3.63) is 0 Å². The standard InChI is InChI=1S/C10H22N2O2/c1-12(10-8-11-9-10)4-7-14-6-3-5-13-2/h10-11H,3-9H2,1-2H3. The molecule has 1 saturated heterocycles. The fraction of sp³-hybridized carbons (Fsp3) is 1.00. The summed E-state index contributed by atoms with van der Waals surface area (Å²) in [5.41, 5.74) is 0. The van der Waals surface area contributed by atoms with Gasteiger partial charge in [-0.1, -0.05) is 0 Å². The molecule has 0 aromatic heterocycles. The lowest BCUT2D eigenvalue weighted by molar-refractivity contribution is 0.0724. The van der Waals surface area contributed by atoms with E-state index in [0.717, 1.165) is 51.9 Å². The molecule has 0 aromatic rings. The van der Waals surface area contributed by atoms with E-state index >= 15 is 0 Å². The third-order valence-electron chi connectivity index (χ3n) is 2.61. The van der Waals surface area contributed by atoms with Crippen LogP contribution in [-0.4, -0.2) is 64.6 Å². The summed E-state index contributed by atoms with van der Waals surface area (Å²) < 4.78 is 10.4. The summed E-state index contributed by atoms with van der Waals surface area (Å²) in [6.07, 6.45) is 0.991. The van der Waals surface area contributed by atoms with Crippen LogP contribution in [0.1, 0.15) is 6.42 Å². The van der Waals surface area contributed by atoms with Gasteiger partial charge in [0.1, 0.15) is 0 Å². The van der Waals surface area contributed by atoms with Gasteiger partial charge in [0.2, 0.25) is 0 Å². The molecule has 4 nitrogen and oxygen atoms in total. The third-order valence-corrected chi connectivity index (χ3v) is 2.61. The van der Waals surface area contributed by atoms with Gasteiger partial charge < -0.3 is 14.8 Å². The van der Waals surface area contributed by atoms with Crippen molar-refractivity contribution in [2.75, 3.05) is 53.6 Å². The van der Waals surface area contributed by atoms with Gasteiger partial charge in [0, 0.05) is 46.0 Å². The molecule has 1 aliphatic rings. The number of hydrogen-bond donors (Lipinski definition) is 1. The Labute approximate surface area is 86.6 Å². The van der Waals surface area contributed by atoms with Gasteiger partial charge in [-0.15, -0.1) is 0 Å². The second-order valence-corrected chi connectivity index (χ2v) is 3.75. The van der Waals surface area contributed by atoms with Crippen molar-refractivity contribution in [2.45, 2.75) is 12.5 Å². The normalized spacial score (nSPS) is 17.4. The first kappa shape index (κ1) is 11.9. The van der Waals surface area contributed by atoms with Gasteiger partial charge in [0.25, 0.3) is 0 Å². The minimum atomic E-state index is 0.720. The zero-order chi connectivity index (χ0) is 10.2. The van der Waals surface area contributed by atoms with Crippen molar-refractivity contribution < 1.29 is 9.47 Å². The molecule has 1 heterocycles. The van der Waals surface area contributed by atoms with Crippen molar-refractivity contribution in [1.82, 2.24) is 10.2 Å². The van der Waals surface area contributed by atoms with E-state index < -0.39 is 0 Å². The molecule has 0 aliphatic carbocycles. The van der Waals surface area contributed by atoms with E-state index in [1.165, 1.54) is 0 Å². The highest BCUT2D eigenvalue weighted by molar-refractivity contribution is 4.82. The zero-order valence-electron chi connectivity index (χ0n) is 9.29. The summed E-state index contributed by atoms with van der Waals surface area (Å²) in [7, 11) is 3.88. The number of hydrogen-bond acceptors (Lipinski definition) is 4. The lowest BCUT2D eigenvalue weighted by Gasteiger charge is -2.35. The van der Waals surface area contributed by atoms with Gasteiger partial charge in [-0.05, 0) is 13.5 Å². The van der Waals surface area contributed by atoms with Crippen molar-refractivity contribution in [3.8, 4) is 0 Å². The first-order chi connectivity index (χ1) is 6.84. The lowest BCUT2D eigenvalue weighted by Crippen LogP contribution is -2.56. The number of nitrogens with one attached hydrogen (secondary N) is 1. The number of likely N-dealkylation sites (N-methyl/N-ethyl adjacent to an activating group) is 1. The van der Waals surface area contributed by atoms with Crippen LogP contribution in [0.15, 0.2) is 0 Å². The van der Waals surface area contributed by atoms with E-state index in [-0.39, 0.29) is 0 Å². The molecular formula is C10H22N2O2. The summed E-state index contributed by atoms with van der Waals surface area (Å²) >= 11 is 0. The Hall–Kier alpha value is -0.160. The smallest absolute Gasteiger partial charge is 0.0593 e. The van der Waals surface area contributed by atoms with Crippen LogP contribution in [0, 0.1) is 0 Å². The summed E-state index contributed by atoms with van der Waals surface area (Å²) in [6, 6.07) is 0.720. The molecule has 0 amide bonds. The van der Waals surface area contributed by atoms with Crippen LogP contribution in [-0.2, 0) is 9.47 Å². The monoisotopic (exact) mass is 202 g/mol. The number of nitrogens with zero attached hydrogens (tertiary/aromatic N) is 1. The van der Waals surface area contributed by atoms with E-state index in [0.29, 0.717) is 0 Å². The van der Waals surface area contributed by atoms with Crippen LogP contribution in [0.4, 0.5) is 0 Å². The lowest BCUT2D eigenvalue weighted by atomic mass is 10.1. The topological polar surface area (TPSA) is 33.7 Å². The molecule has 1 rings (SSSR count). The SMILES string of the molecule is COCCCOCCN(C)C1CNC1. The highest BCUT2D eigenvalue weighted by atomic mass is 16.5. The average Bonchev–Trinajstić information content (AvgIpc) is 2.08. The molecule has 14 heavy (non-hydrogen) atoms. The first-order valence-corrected chi connectivity index (χ1v) is 5.32. The Balaban J connectivity index is 1.82. The van der Waals surface area contributed by atoms with E-state index in [9.17, 15) is 0 Å². The fourth-order valence-electron chi connectivity index (χ4n) is 1.38. The maximum Gasteiger partial charge on any atom is 0.0593 e. The highest BCUT2D eigenvalue weighted by Gasteiger charge is 2.20. The van der Waals surface area contributed by atoms with Gasteiger partial charge in [0.05, 0.1) is 6.61 Å². The summed E-state index contributed by atoms with van der Waals surface area (Å²) in [5, 5.41) is 3.26. The van der Waals surface area contributed by atoms with Crippen LogP contribution in [0.2, 0.25) is 0 Å². The number of rotatable bonds is 8. The van der Waals surface area contributed by atoms with Crippen LogP contribution >= 0.6 is 0 Å². The quantitative estimate of drug-likeness (QED) is 0.559. The molecule has 0 aromatic carbocycles. The minimum absolute atomic E-state index is 0.720. The Bertz CT molecular complexity index is 140. The molecule has 0 bridgehead atoms. The van der Waals surface area contributed by atoms with Gasteiger partial charge in [0.15, 0.2) is 0 Å². The van der Waals surface area contributed by atoms with Crippen LogP contribution < -0.4 is 5.32 Å². The first-order valence-electron chi connectivity index (χ1n) is 5.32. The average molecular weight is 202 g/mol. The Morgan fingerprint density at radius 1 is 1.29 bits per heavy atom. The molecule has 1 fully saturated rings. The molecule has 0 radical (unpaired) electrons. The molecule has 0 saturated carbocycles. The minimum Gasteiger partial charge on any atom is -0.385 e. The second-order valence-electron chi connectivity index (χ2n) is 3.75.